The van der Waals surface area contributed by atoms with Gasteiger partial charge in [-0.05, 0) is 36.3 Å². The van der Waals surface area contributed by atoms with E-state index in [9.17, 15) is 9.59 Å². The van der Waals surface area contributed by atoms with Crippen molar-refractivity contribution in [2.45, 2.75) is 32.6 Å². The molecular formula is C18H22N2O2S. The van der Waals surface area contributed by atoms with Gasteiger partial charge in [0.1, 0.15) is 0 Å². The summed E-state index contributed by atoms with van der Waals surface area (Å²) in [6.45, 7) is 3.37. The average molecular weight is 330 g/mol. The number of thiophene rings is 1. The van der Waals surface area contributed by atoms with E-state index in [0.29, 0.717) is 25.9 Å². The van der Waals surface area contributed by atoms with Crippen LogP contribution >= 0.6 is 11.3 Å². The van der Waals surface area contributed by atoms with Crippen LogP contribution in [-0.4, -0.2) is 29.8 Å². The number of benzene rings is 1. The number of primary amides is 1. The Hall–Kier alpha value is -1.88. The van der Waals surface area contributed by atoms with Gasteiger partial charge in [-0.15, -0.1) is 11.3 Å². The Kier molecular flexibility index (Phi) is 4.66. The van der Waals surface area contributed by atoms with Crippen molar-refractivity contribution in [1.29, 1.82) is 0 Å². The van der Waals surface area contributed by atoms with Crippen LogP contribution in [0.1, 0.15) is 41.4 Å². The van der Waals surface area contributed by atoms with Crippen molar-refractivity contribution >= 4 is 33.2 Å². The van der Waals surface area contributed by atoms with Gasteiger partial charge in [0.15, 0.2) is 0 Å². The van der Waals surface area contributed by atoms with Crippen molar-refractivity contribution in [3.63, 3.8) is 0 Å². The van der Waals surface area contributed by atoms with Gasteiger partial charge in [0.05, 0.1) is 4.88 Å². The summed E-state index contributed by atoms with van der Waals surface area (Å²) >= 11 is 1.59. The van der Waals surface area contributed by atoms with E-state index in [-0.39, 0.29) is 17.7 Å². The number of carbonyl (C=O) groups excluding carboxylic acids is 2. The van der Waals surface area contributed by atoms with Crippen molar-refractivity contribution in [3.8, 4) is 0 Å². The molecule has 0 saturated carbocycles. The van der Waals surface area contributed by atoms with Crippen molar-refractivity contribution in [3.05, 3.63) is 34.7 Å². The van der Waals surface area contributed by atoms with E-state index < -0.39 is 0 Å². The summed E-state index contributed by atoms with van der Waals surface area (Å²) in [5.41, 5.74) is 6.55. The molecule has 1 fully saturated rings. The average Bonchev–Trinajstić information content (AvgIpc) is 2.93. The molecule has 2 N–H and O–H groups in total. The van der Waals surface area contributed by atoms with Crippen LogP contribution in [0, 0.1) is 5.92 Å². The van der Waals surface area contributed by atoms with Crippen LogP contribution in [-0.2, 0) is 11.2 Å². The summed E-state index contributed by atoms with van der Waals surface area (Å²) in [6, 6.07) is 8.23. The van der Waals surface area contributed by atoms with Crippen molar-refractivity contribution in [2.24, 2.45) is 11.7 Å². The number of hydrogen-bond donors (Lipinski definition) is 1. The number of amides is 2. The van der Waals surface area contributed by atoms with Gasteiger partial charge in [-0.25, -0.2) is 0 Å². The van der Waals surface area contributed by atoms with Crippen LogP contribution in [0.4, 0.5) is 0 Å². The SMILES string of the molecule is CCCc1c(C(=O)N2CCC(C(N)=O)CC2)sc2ccccc12. The fourth-order valence-electron chi connectivity index (χ4n) is 3.28. The molecule has 0 atom stereocenters. The summed E-state index contributed by atoms with van der Waals surface area (Å²) in [7, 11) is 0. The topological polar surface area (TPSA) is 63.4 Å². The first-order valence-corrected chi connectivity index (χ1v) is 9.02. The van der Waals surface area contributed by atoms with Gasteiger partial charge in [-0.1, -0.05) is 31.5 Å². The van der Waals surface area contributed by atoms with E-state index in [0.717, 1.165) is 17.7 Å². The molecule has 4 nitrogen and oxygen atoms in total. The lowest BCUT2D eigenvalue weighted by Gasteiger charge is -2.30. The van der Waals surface area contributed by atoms with Crippen molar-refractivity contribution < 1.29 is 9.59 Å². The number of nitrogens with zero attached hydrogens (tertiary/aromatic N) is 1. The lowest BCUT2D eigenvalue weighted by molar-refractivity contribution is -0.123. The smallest absolute Gasteiger partial charge is 0.264 e. The molecule has 23 heavy (non-hydrogen) atoms. The molecule has 0 unspecified atom stereocenters. The third-order valence-electron chi connectivity index (χ3n) is 4.58. The zero-order chi connectivity index (χ0) is 16.4. The molecule has 1 aliphatic heterocycles. The molecule has 2 aromatic rings. The Labute approximate surface area is 140 Å². The van der Waals surface area contributed by atoms with E-state index in [1.165, 1.54) is 15.6 Å². The molecule has 122 valence electrons. The quantitative estimate of drug-likeness (QED) is 0.936. The van der Waals surface area contributed by atoms with Gasteiger partial charge in [0.2, 0.25) is 5.91 Å². The zero-order valence-corrected chi connectivity index (χ0v) is 14.2. The third kappa shape index (κ3) is 3.11. The van der Waals surface area contributed by atoms with Crippen LogP contribution in [0.3, 0.4) is 0 Å². The highest BCUT2D eigenvalue weighted by Crippen LogP contribution is 2.33. The molecule has 1 aliphatic rings. The molecule has 0 bridgehead atoms. The number of rotatable bonds is 4. The summed E-state index contributed by atoms with van der Waals surface area (Å²) < 4.78 is 1.17. The summed E-state index contributed by atoms with van der Waals surface area (Å²) in [5.74, 6) is -0.222. The van der Waals surface area contributed by atoms with Crippen LogP contribution in [0.15, 0.2) is 24.3 Å². The number of aryl methyl sites for hydroxylation is 1. The number of fused-ring (bicyclic) bond motifs is 1. The van der Waals surface area contributed by atoms with Gasteiger partial charge >= 0.3 is 0 Å². The van der Waals surface area contributed by atoms with E-state index in [1.54, 1.807) is 11.3 Å². The Bertz CT molecular complexity index is 730. The van der Waals surface area contributed by atoms with Crippen molar-refractivity contribution in [2.75, 3.05) is 13.1 Å². The number of piperidine rings is 1. The molecule has 2 amide bonds. The molecule has 1 aromatic heterocycles. The molecule has 2 heterocycles. The second kappa shape index (κ2) is 6.71. The first-order chi connectivity index (χ1) is 11.1. The maximum Gasteiger partial charge on any atom is 0.264 e. The highest BCUT2D eigenvalue weighted by Gasteiger charge is 2.28. The lowest BCUT2D eigenvalue weighted by Crippen LogP contribution is -2.41. The Morgan fingerprint density at radius 2 is 1.96 bits per heavy atom. The molecule has 1 saturated heterocycles. The van der Waals surface area contributed by atoms with E-state index >= 15 is 0 Å². The maximum atomic E-state index is 13.0. The van der Waals surface area contributed by atoms with Crippen LogP contribution < -0.4 is 5.73 Å². The number of carbonyl (C=O) groups is 2. The molecule has 3 rings (SSSR count). The molecular weight excluding hydrogens is 308 g/mol. The number of nitrogens with two attached hydrogens (primary N) is 1. The van der Waals surface area contributed by atoms with Gasteiger partial charge in [0, 0.05) is 23.7 Å². The Balaban J connectivity index is 1.86. The van der Waals surface area contributed by atoms with E-state index in [1.807, 2.05) is 17.0 Å². The Morgan fingerprint density at radius 3 is 2.61 bits per heavy atom. The lowest BCUT2D eigenvalue weighted by atomic mass is 9.96. The van der Waals surface area contributed by atoms with Crippen LogP contribution in [0.2, 0.25) is 0 Å². The minimum absolute atomic E-state index is 0.0865. The third-order valence-corrected chi connectivity index (χ3v) is 5.78. The second-order valence-electron chi connectivity index (χ2n) is 6.12. The summed E-state index contributed by atoms with van der Waals surface area (Å²) in [6.07, 6.45) is 3.29. The molecule has 0 spiro atoms. The van der Waals surface area contributed by atoms with Crippen LogP contribution in [0.5, 0.6) is 0 Å². The maximum absolute atomic E-state index is 13.0. The molecule has 0 radical (unpaired) electrons. The van der Waals surface area contributed by atoms with Gasteiger partial charge in [-0.3, -0.25) is 9.59 Å². The second-order valence-corrected chi connectivity index (χ2v) is 7.18. The molecule has 5 heteroatoms. The highest BCUT2D eigenvalue weighted by molar-refractivity contribution is 7.21. The standard InChI is InChI=1S/C18H22N2O2S/c1-2-5-14-13-6-3-4-7-15(13)23-16(14)18(22)20-10-8-12(9-11-20)17(19)21/h3-4,6-7,12H,2,5,8-11H2,1H3,(H2,19,21). The first-order valence-electron chi connectivity index (χ1n) is 8.20. The minimum Gasteiger partial charge on any atom is -0.369 e. The first kappa shape index (κ1) is 16.0. The predicted molar refractivity (Wildman–Crippen MR) is 93.6 cm³/mol. The van der Waals surface area contributed by atoms with Crippen molar-refractivity contribution in [1.82, 2.24) is 4.90 Å². The molecule has 1 aromatic carbocycles. The normalized spacial score (nSPS) is 16.0. The largest absolute Gasteiger partial charge is 0.369 e. The number of likely N-dealkylation sites (tertiary alicyclic amines) is 1. The fourth-order valence-corrected chi connectivity index (χ4v) is 4.50. The van der Waals surface area contributed by atoms with E-state index in [2.05, 4.69) is 19.1 Å². The number of hydrogen-bond acceptors (Lipinski definition) is 3. The van der Waals surface area contributed by atoms with Gasteiger partial charge in [0.25, 0.3) is 5.91 Å². The zero-order valence-electron chi connectivity index (χ0n) is 13.4. The highest BCUT2D eigenvalue weighted by atomic mass is 32.1. The van der Waals surface area contributed by atoms with E-state index in [4.69, 9.17) is 5.73 Å². The Morgan fingerprint density at radius 1 is 1.26 bits per heavy atom. The monoisotopic (exact) mass is 330 g/mol. The summed E-state index contributed by atoms with van der Waals surface area (Å²) in [4.78, 5) is 27.0. The minimum atomic E-state index is -0.245. The molecule has 0 aliphatic carbocycles. The van der Waals surface area contributed by atoms with Crippen LogP contribution in [0.25, 0.3) is 10.1 Å². The predicted octanol–water partition coefficient (Wildman–Crippen LogP) is 3.19. The fraction of sp³-hybridized carbons (Fsp3) is 0.444. The van der Waals surface area contributed by atoms with Gasteiger partial charge in [-0.2, -0.15) is 0 Å². The van der Waals surface area contributed by atoms with Gasteiger partial charge < -0.3 is 10.6 Å². The summed E-state index contributed by atoms with van der Waals surface area (Å²) in [5, 5.41) is 1.20.